The van der Waals surface area contributed by atoms with Gasteiger partial charge in [0.05, 0.1) is 0 Å². The second kappa shape index (κ2) is 7.87. The van der Waals surface area contributed by atoms with Gasteiger partial charge in [-0.2, -0.15) is 0 Å². The molecule has 0 saturated heterocycles. The lowest BCUT2D eigenvalue weighted by molar-refractivity contribution is -0.136. The molecule has 0 aliphatic carbocycles. The van der Waals surface area contributed by atoms with Crippen LogP contribution < -0.4 is 10.6 Å². The monoisotopic (exact) mass is 298 g/mol. The number of halogens is 1. The number of amides is 1. The van der Waals surface area contributed by atoms with Crippen LogP contribution in [0, 0.1) is 5.92 Å². The van der Waals surface area contributed by atoms with Crippen molar-refractivity contribution in [2.24, 2.45) is 11.7 Å². The summed E-state index contributed by atoms with van der Waals surface area (Å²) in [7, 11) is 0. The molecule has 0 saturated carbocycles. The highest BCUT2D eigenvalue weighted by Crippen LogP contribution is 2.20. The van der Waals surface area contributed by atoms with E-state index in [0.29, 0.717) is 17.3 Å². The average molecular weight is 299 g/mol. The lowest BCUT2D eigenvalue weighted by Crippen LogP contribution is -2.37. The summed E-state index contributed by atoms with van der Waals surface area (Å²) in [5.41, 5.74) is 6.11. The largest absolute Gasteiger partial charge is 0.480 e. The van der Waals surface area contributed by atoms with Gasteiger partial charge in [-0.3, -0.25) is 9.59 Å². The summed E-state index contributed by atoms with van der Waals surface area (Å²) in [5, 5.41) is 9.48. The van der Waals surface area contributed by atoms with Crippen LogP contribution in [0.1, 0.15) is 19.8 Å². The zero-order valence-electron chi connectivity index (χ0n) is 11.4. The first-order chi connectivity index (χ1) is 9.47. The van der Waals surface area contributed by atoms with Gasteiger partial charge in [0, 0.05) is 17.1 Å². The first-order valence-electron chi connectivity index (χ1n) is 6.45. The maximum Gasteiger partial charge on any atom is 0.323 e. The van der Waals surface area contributed by atoms with Crippen LogP contribution in [0.5, 0.6) is 0 Å². The van der Waals surface area contributed by atoms with Crippen molar-refractivity contribution in [3.8, 4) is 0 Å². The number of rotatable bonds is 7. The van der Waals surface area contributed by atoms with E-state index < -0.39 is 5.97 Å². The molecular formula is C14H19ClN2O3. The normalized spacial score (nSPS) is 11.9. The molecule has 0 aromatic heterocycles. The number of carboxylic acid groups (broad SMARTS) is 1. The maximum atomic E-state index is 12.3. The van der Waals surface area contributed by atoms with Crippen molar-refractivity contribution in [1.82, 2.24) is 0 Å². The molecule has 3 N–H and O–H groups in total. The molecule has 6 heteroatoms. The topological polar surface area (TPSA) is 83.6 Å². The summed E-state index contributed by atoms with van der Waals surface area (Å²) >= 11 is 5.79. The molecular weight excluding hydrogens is 280 g/mol. The van der Waals surface area contributed by atoms with Gasteiger partial charge in [0.25, 0.3) is 0 Å². The molecule has 0 heterocycles. The van der Waals surface area contributed by atoms with Gasteiger partial charge in [-0.1, -0.05) is 24.9 Å². The van der Waals surface area contributed by atoms with Gasteiger partial charge in [-0.05, 0) is 36.7 Å². The number of nitrogens with zero attached hydrogens (tertiary/aromatic N) is 1. The summed E-state index contributed by atoms with van der Waals surface area (Å²) in [6.45, 7) is 1.99. The second-order valence-corrected chi connectivity index (χ2v) is 5.00. The van der Waals surface area contributed by atoms with Crippen molar-refractivity contribution in [2.45, 2.75) is 19.8 Å². The molecule has 5 nitrogen and oxygen atoms in total. The van der Waals surface area contributed by atoms with Gasteiger partial charge >= 0.3 is 5.97 Å². The Hall–Kier alpha value is -1.59. The molecule has 0 aliphatic rings. The van der Waals surface area contributed by atoms with Crippen LogP contribution in [-0.4, -0.2) is 30.1 Å². The molecule has 0 radical (unpaired) electrons. The lowest BCUT2D eigenvalue weighted by Gasteiger charge is -2.23. The predicted octanol–water partition coefficient (Wildman–Crippen LogP) is 2.13. The molecule has 1 aromatic rings. The van der Waals surface area contributed by atoms with Crippen LogP contribution in [0.15, 0.2) is 24.3 Å². The molecule has 1 aromatic carbocycles. The van der Waals surface area contributed by atoms with Gasteiger partial charge in [0.2, 0.25) is 5.91 Å². The molecule has 20 heavy (non-hydrogen) atoms. The standard InChI is InChI=1S/C14H19ClN2O3/c1-2-10(8-16)7-13(18)17(9-14(19)20)12-5-3-11(15)4-6-12/h3-6,10H,2,7-9,16H2,1H3,(H,19,20). The fraction of sp³-hybridized carbons (Fsp3) is 0.429. The van der Waals surface area contributed by atoms with Crippen LogP contribution >= 0.6 is 11.6 Å². The first-order valence-corrected chi connectivity index (χ1v) is 6.83. The number of benzene rings is 1. The Bertz CT molecular complexity index is 458. The number of anilines is 1. The Balaban J connectivity index is 2.91. The van der Waals surface area contributed by atoms with Crippen molar-refractivity contribution >= 4 is 29.2 Å². The van der Waals surface area contributed by atoms with Crippen LogP contribution in [0.3, 0.4) is 0 Å². The third-order valence-corrected chi connectivity index (χ3v) is 3.36. The van der Waals surface area contributed by atoms with E-state index in [9.17, 15) is 9.59 Å². The van der Waals surface area contributed by atoms with E-state index in [4.69, 9.17) is 22.4 Å². The molecule has 110 valence electrons. The number of nitrogens with two attached hydrogens (primary N) is 1. The highest BCUT2D eigenvalue weighted by atomic mass is 35.5. The Morgan fingerprint density at radius 1 is 1.35 bits per heavy atom. The average Bonchev–Trinajstić information content (AvgIpc) is 2.42. The zero-order valence-corrected chi connectivity index (χ0v) is 12.1. The van der Waals surface area contributed by atoms with Gasteiger partial charge < -0.3 is 15.7 Å². The van der Waals surface area contributed by atoms with Crippen molar-refractivity contribution in [3.63, 3.8) is 0 Å². The van der Waals surface area contributed by atoms with E-state index in [1.807, 2.05) is 6.92 Å². The Morgan fingerprint density at radius 3 is 2.40 bits per heavy atom. The van der Waals surface area contributed by atoms with Crippen molar-refractivity contribution in [2.75, 3.05) is 18.0 Å². The van der Waals surface area contributed by atoms with Crippen LogP contribution in [0.25, 0.3) is 0 Å². The Labute approximate surface area is 123 Å². The van der Waals surface area contributed by atoms with E-state index >= 15 is 0 Å². The third kappa shape index (κ3) is 4.83. The minimum absolute atomic E-state index is 0.0612. The third-order valence-electron chi connectivity index (χ3n) is 3.11. The van der Waals surface area contributed by atoms with Gasteiger partial charge in [-0.25, -0.2) is 0 Å². The number of aliphatic carboxylic acids is 1. The molecule has 1 unspecified atom stereocenters. The zero-order chi connectivity index (χ0) is 15.1. The van der Waals surface area contributed by atoms with E-state index in [1.165, 1.54) is 4.90 Å². The Morgan fingerprint density at radius 2 is 1.95 bits per heavy atom. The van der Waals surface area contributed by atoms with Crippen molar-refractivity contribution < 1.29 is 14.7 Å². The van der Waals surface area contributed by atoms with Crippen LogP contribution in [-0.2, 0) is 9.59 Å². The summed E-state index contributed by atoms with van der Waals surface area (Å²) in [4.78, 5) is 24.4. The fourth-order valence-electron chi connectivity index (χ4n) is 1.83. The Kier molecular flexibility index (Phi) is 6.48. The molecule has 0 aliphatic heterocycles. The van der Waals surface area contributed by atoms with E-state index in [2.05, 4.69) is 0 Å². The van der Waals surface area contributed by atoms with Gasteiger partial charge in [-0.15, -0.1) is 0 Å². The number of carbonyl (C=O) groups excluding carboxylic acids is 1. The molecule has 0 fully saturated rings. The van der Waals surface area contributed by atoms with Gasteiger partial charge in [0.1, 0.15) is 6.54 Å². The maximum absolute atomic E-state index is 12.3. The quantitative estimate of drug-likeness (QED) is 0.808. The molecule has 0 spiro atoms. The molecule has 1 amide bonds. The van der Waals surface area contributed by atoms with Crippen molar-refractivity contribution in [3.05, 3.63) is 29.3 Å². The highest BCUT2D eigenvalue weighted by Gasteiger charge is 2.21. The number of carbonyl (C=O) groups is 2. The number of carboxylic acids is 1. The van der Waals surface area contributed by atoms with Crippen molar-refractivity contribution in [1.29, 1.82) is 0 Å². The first kappa shape index (κ1) is 16.5. The number of hydrogen-bond acceptors (Lipinski definition) is 3. The molecule has 1 rings (SSSR count). The second-order valence-electron chi connectivity index (χ2n) is 4.56. The van der Waals surface area contributed by atoms with E-state index in [0.717, 1.165) is 6.42 Å². The van der Waals surface area contributed by atoms with Gasteiger partial charge in [0.15, 0.2) is 0 Å². The fourth-order valence-corrected chi connectivity index (χ4v) is 1.96. The summed E-state index contributed by atoms with van der Waals surface area (Å²) < 4.78 is 0. The van der Waals surface area contributed by atoms with E-state index in [1.54, 1.807) is 24.3 Å². The minimum atomic E-state index is -1.06. The molecule has 0 bridgehead atoms. The number of hydrogen-bond donors (Lipinski definition) is 2. The van der Waals surface area contributed by atoms with Crippen LogP contribution in [0.2, 0.25) is 5.02 Å². The minimum Gasteiger partial charge on any atom is -0.480 e. The lowest BCUT2D eigenvalue weighted by atomic mass is 10.0. The van der Waals surface area contributed by atoms with E-state index in [-0.39, 0.29) is 24.8 Å². The highest BCUT2D eigenvalue weighted by molar-refractivity contribution is 6.30. The SMILES string of the molecule is CCC(CN)CC(=O)N(CC(=O)O)c1ccc(Cl)cc1. The molecule has 1 atom stereocenters. The van der Waals surface area contributed by atoms with Crippen LogP contribution in [0.4, 0.5) is 5.69 Å². The summed E-state index contributed by atoms with van der Waals surface area (Å²) in [6.07, 6.45) is 1.02. The predicted molar refractivity (Wildman–Crippen MR) is 78.9 cm³/mol. The smallest absolute Gasteiger partial charge is 0.323 e. The summed E-state index contributed by atoms with van der Waals surface area (Å²) in [6, 6.07) is 6.51. The summed E-state index contributed by atoms with van der Waals surface area (Å²) in [5.74, 6) is -1.24.